The summed E-state index contributed by atoms with van der Waals surface area (Å²) in [5.41, 5.74) is 3.54. The summed E-state index contributed by atoms with van der Waals surface area (Å²) in [6.45, 7) is 2.56. The lowest BCUT2D eigenvalue weighted by molar-refractivity contribution is 0.0603. The van der Waals surface area contributed by atoms with Gasteiger partial charge in [-0.1, -0.05) is 12.1 Å². The molecule has 0 aliphatic rings. The minimum Gasteiger partial charge on any atom is -0.494 e. The molecule has 2 aromatic carbocycles. The number of nitrogens with zero attached hydrogens (tertiary/aromatic N) is 1. The van der Waals surface area contributed by atoms with Gasteiger partial charge < -0.3 is 9.47 Å². The van der Waals surface area contributed by atoms with Crippen LogP contribution in [0, 0.1) is 5.82 Å². The maximum Gasteiger partial charge on any atom is 0.338 e. The molecule has 0 aliphatic carbocycles. The van der Waals surface area contributed by atoms with E-state index in [2.05, 4.69) is 4.98 Å². The summed E-state index contributed by atoms with van der Waals surface area (Å²) in [4.78, 5) is 17.8. The molecule has 0 bridgehead atoms. The standard InChI is InChI=1S/C23H18FNO3S/c1-3-28-17-6-4-5-14(9-17)15-10-22(29-13-15)21-12-19(23(26)27-2)18-11-16(24)7-8-20(18)25-21/h4-13H,3H2,1-2H3. The number of fused-ring (bicyclic) bond motifs is 1. The van der Waals surface area contributed by atoms with Gasteiger partial charge in [-0.05, 0) is 65.9 Å². The number of hydrogen-bond acceptors (Lipinski definition) is 5. The number of pyridine rings is 1. The number of halogens is 1. The molecule has 2 aromatic heterocycles. The number of ether oxygens (including phenoxy) is 2. The molecule has 0 fully saturated rings. The van der Waals surface area contributed by atoms with E-state index in [1.54, 1.807) is 12.1 Å². The molecule has 0 aliphatic heterocycles. The molecule has 29 heavy (non-hydrogen) atoms. The third kappa shape index (κ3) is 3.84. The molecule has 0 amide bonds. The first-order valence-electron chi connectivity index (χ1n) is 9.10. The number of hydrogen-bond donors (Lipinski definition) is 0. The van der Waals surface area contributed by atoms with Crippen molar-refractivity contribution in [3.05, 3.63) is 71.4 Å². The van der Waals surface area contributed by atoms with Crippen molar-refractivity contribution in [2.24, 2.45) is 0 Å². The van der Waals surface area contributed by atoms with Gasteiger partial charge in [-0.15, -0.1) is 11.3 Å². The molecule has 4 aromatic rings. The zero-order valence-corrected chi connectivity index (χ0v) is 16.8. The zero-order valence-electron chi connectivity index (χ0n) is 15.9. The van der Waals surface area contributed by atoms with E-state index in [1.807, 2.05) is 42.6 Å². The number of aromatic nitrogens is 1. The van der Waals surface area contributed by atoms with Gasteiger partial charge >= 0.3 is 5.97 Å². The summed E-state index contributed by atoms with van der Waals surface area (Å²) in [7, 11) is 1.31. The van der Waals surface area contributed by atoms with Crippen LogP contribution in [-0.4, -0.2) is 24.7 Å². The largest absolute Gasteiger partial charge is 0.494 e. The number of rotatable bonds is 5. The van der Waals surface area contributed by atoms with Gasteiger partial charge in [-0.2, -0.15) is 0 Å². The van der Waals surface area contributed by atoms with E-state index in [0.717, 1.165) is 21.8 Å². The molecule has 2 heterocycles. The highest BCUT2D eigenvalue weighted by Crippen LogP contribution is 2.35. The molecule has 6 heteroatoms. The summed E-state index contributed by atoms with van der Waals surface area (Å²) in [5, 5.41) is 2.47. The van der Waals surface area contributed by atoms with Crippen LogP contribution in [0.15, 0.2) is 60.0 Å². The van der Waals surface area contributed by atoms with Gasteiger partial charge in [0.05, 0.1) is 35.4 Å². The van der Waals surface area contributed by atoms with E-state index in [1.165, 1.54) is 30.6 Å². The van der Waals surface area contributed by atoms with Crippen LogP contribution in [0.2, 0.25) is 0 Å². The Morgan fingerprint density at radius 2 is 1.97 bits per heavy atom. The Kier molecular flexibility index (Phi) is 5.27. The second-order valence-electron chi connectivity index (χ2n) is 6.37. The molecule has 0 N–H and O–H groups in total. The van der Waals surface area contributed by atoms with E-state index in [-0.39, 0.29) is 0 Å². The second kappa shape index (κ2) is 8.01. The Morgan fingerprint density at radius 3 is 2.76 bits per heavy atom. The van der Waals surface area contributed by atoms with Crippen LogP contribution in [0.25, 0.3) is 32.6 Å². The lowest BCUT2D eigenvalue weighted by Crippen LogP contribution is -2.04. The Labute approximate surface area is 171 Å². The number of benzene rings is 2. The van der Waals surface area contributed by atoms with Gasteiger partial charge in [-0.25, -0.2) is 14.2 Å². The van der Waals surface area contributed by atoms with Gasteiger partial charge in [-0.3, -0.25) is 0 Å². The predicted molar refractivity (Wildman–Crippen MR) is 113 cm³/mol. The first-order chi connectivity index (χ1) is 14.1. The van der Waals surface area contributed by atoms with Crippen LogP contribution in [0.3, 0.4) is 0 Å². The number of esters is 1. The van der Waals surface area contributed by atoms with Gasteiger partial charge in [0.1, 0.15) is 11.6 Å². The maximum absolute atomic E-state index is 13.7. The fraction of sp³-hybridized carbons (Fsp3) is 0.130. The lowest BCUT2D eigenvalue weighted by atomic mass is 10.1. The summed E-state index contributed by atoms with van der Waals surface area (Å²) in [5.74, 6) is -0.133. The molecule has 4 rings (SSSR count). The smallest absolute Gasteiger partial charge is 0.338 e. The van der Waals surface area contributed by atoms with Crippen molar-refractivity contribution in [3.63, 3.8) is 0 Å². The van der Waals surface area contributed by atoms with Crippen LogP contribution >= 0.6 is 11.3 Å². The highest BCUT2D eigenvalue weighted by molar-refractivity contribution is 7.14. The molecule has 0 unspecified atom stereocenters. The molecule has 0 radical (unpaired) electrons. The van der Waals surface area contributed by atoms with E-state index < -0.39 is 11.8 Å². The zero-order chi connectivity index (χ0) is 20.4. The first kappa shape index (κ1) is 19.1. The fourth-order valence-electron chi connectivity index (χ4n) is 3.16. The van der Waals surface area contributed by atoms with E-state index in [4.69, 9.17) is 9.47 Å². The predicted octanol–water partition coefficient (Wildman–Crippen LogP) is 5.95. The SMILES string of the molecule is CCOc1cccc(-c2csc(-c3cc(C(=O)OC)c4cc(F)ccc4n3)c2)c1. The minimum absolute atomic E-state index is 0.292. The van der Waals surface area contributed by atoms with Crippen LogP contribution in [0.5, 0.6) is 5.75 Å². The Bertz CT molecular complexity index is 1200. The molecule has 0 atom stereocenters. The summed E-state index contributed by atoms with van der Waals surface area (Å²) < 4.78 is 24.2. The van der Waals surface area contributed by atoms with E-state index >= 15 is 0 Å². The average Bonchev–Trinajstić information content (AvgIpc) is 3.23. The monoisotopic (exact) mass is 407 g/mol. The summed E-state index contributed by atoms with van der Waals surface area (Å²) in [6.07, 6.45) is 0. The Balaban J connectivity index is 1.79. The molecular formula is C23H18FNO3S. The molecule has 0 saturated carbocycles. The van der Waals surface area contributed by atoms with Gasteiger partial charge in [0.2, 0.25) is 0 Å². The molecular weight excluding hydrogens is 389 g/mol. The van der Waals surface area contributed by atoms with E-state index in [0.29, 0.717) is 28.8 Å². The van der Waals surface area contributed by atoms with Crippen molar-refractivity contribution < 1.29 is 18.7 Å². The van der Waals surface area contributed by atoms with Gasteiger partial charge in [0, 0.05) is 5.39 Å². The van der Waals surface area contributed by atoms with Crippen molar-refractivity contribution in [1.29, 1.82) is 0 Å². The summed E-state index contributed by atoms with van der Waals surface area (Å²) >= 11 is 1.53. The fourth-order valence-corrected chi connectivity index (χ4v) is 4.04. The third-order valence-corrected chi connectivity index (χ3v) is 5.46. The number of thiophene rings is 1. The highest BCUT2D eigenvalue weighted by atomic mass is 32.1. The third-order valence-electron chi connectivity index (χ3n) is 4.51. The molecule has 0 spiro atoms. The first-order valence-corrected chi connectivity index (χ1v) is 9.97. The van der Waals surface area contributed by atoms with E-state index in [9.17, 15) is 9.18 Å². The van der Waals surface area contributed by atoms with Crippen molar-refractivity contribution in [2.75, 3.05) is 13.7 Å². The van der Waals surface area contributed by atoms with Crippen molar-refractivity contribution in [1.82, 2.24) is 4.98 Å². The Morgan fingerprint density at radius 1 is 1.10 bits per heavy atom. The molecule has 0 saturated heterocycles. The quantitative estimate of drug-likeness (QED) is 0.383. The Hall–Kier alpha value is -3.25. The molecule has 146 valence electrons. The topological polar surface area (TPSA) is 48.4 Å². The number of carbonyl (C=O) groups is 1. The normalized spacial score (nSPS) is 10.9. The average molecular weight is 407 g/mol. The van der Waals surface area contributed by atoms with Crippen LogP contribution in [0.4, 0.5) is 4.39 Å². The number of carbonyl (C=O) groups excluding carboxylic acids is 1. The lowest BCUT2D eigenvalue weighted by Gasteiger charge is -2.07. The van der Waals surface area contributed by atoms with Crippen LogP contribution in [0.1, 0.15) is 17.3 Å². The van der Waals surface area contributed by atoms with Gasteiger partial charge in [0.15, 0.2) is 0 Å². The van der Waals surface area contributed by atoms with Crippen LogP contribution < -0.4 is 4.74 Å². The van der Waals surface area contributed by atoms with Crippen LogP contribution in [-0.2, 0) is 4.74 Å². The summed E-state index contributed by atoms with van der Waals surface area (Å²) in [6, 6.07) is 15.8. The number of methoxy groups -OCH3 is 1. The van der Waals surface area contributed by atoms with Crippen molar-refractivity contribution >= 4 is 28.2 Å². The van der Waals surface area contributed by atoms with Crippen molar-refractivity contribution in [3.8, 4) is 27.4 Å². The maximum atomic E-state index is 13.7. The second-order valence-corrected chi connectivity index (χ2v) is 7.28. The highest BCUT2D eigenvalue weighted by Gasteiger charge is 2.16. The van der Waals surface area contributed by atoms with Gasteiger partial charge in [0.25, 0.3) is 0 Å². The van der Waals surface area contributed by atoms with Crippen molar-refractivity contribution in [2.45, 2.75) is 6.92 Å². The molecule has 4 nitrogen and oxygen atoms in total. The minimum atomic E-state index is -0.523.